The first kappa shape index (κ1) is 31.6. The molecule has 0 saturated carbocycles. The summed E-state index contributed by atoms with van der Waals surface area (Å²) in [5.74, 6) is 1.49. The molecule has 208 valence electrons. The Morgan fingerprint density at radius 1 is 0.611 bits per heavy atom. The fraction of sp³-hybridized carbons (Fsp3) is 0.600. The Morgan fingerprint density at radius 3 is 1.06 bits per heavy atom. The number of halogens is 2. The van der Waals surface area contributed by atoms with Crippen molar-refractivity contribution in [2.24, 2.45) is 11.5 Å². The van der Waals surface area contributed by atoms with E-state index in [4.69, 9.17) is 31.7 Å². The van der Waals surface area contributed by atoms with Crippen molar-refractivity contribution in [3.8, 4) is 0 Å². The summed E-state index contributed by atoms with van der Waals surface area (Å²) in [6.45, 7) is 23.3. The molecule has 2 atom stereocenters. The molecule has 36 heavy (non-hydrogen) atoms. The average Bonchev–Trinajstić information content (AvgIpc) is 2.76. The summed E-state index contributed by atoms with van der Waals surface area (Å²) in [5.41, 5.74) is 24.1. The van der Waals surface area contributed by atoms with E-state index >= 15 is 0 Å². The van der Waals surface area contributed by atoms with Crippen molar-refractivity contribution in [1.82, 2.24) is 3.92 Å². The molecule has 0 fully saturated rings. The fourth-order valence-electron chi connectivity index (χ4n) is 5.21. The SMILES string of the molecule is Cc1cc(C(C)C)c(C(N)C[N](CC(N)c2c(C(C)C)cc(C)cc2C(C)C)[Cu]([Cl])[Cl])c(C(C)C)c1. The summed E-state index contributed by atoms with van der Waals surface area (Å²) in [6, 6.07) is 8.67. The van der Waals surface area contributed by atoms with Crippen molar-refractivity contribution in [1.29, 1.82) is 0 Å². The number of aryl methyl sites for hydroxylation is 2. The van der Waals surface area contributed by atoms with Crippen LogP contribution in [0.15, 0.2) is 24.3 Å². The third-order valence-electron chi connectivity index (χ3n) is 6.91. The van der Waals surface area contributed by atoms with Crippen LogP contribution in [0, 0.1) is 13.8 Å². The van der Waals surface area contributed by atoms with Crippen LogP contribution in [-0.2, 0) is 12.3 Å². The van der Waals surface area contributed by atoms with Gasteiger partial charge in [-0.15, -0.1) is 0 Å². The molecule has 0 aliphatic rings. The molecule has 4 N–H and O–H groups in total. The zero-order valence-electron chi connectivity index (χ0n) is 23.8. The van der Waals surface area contributed by atoms with Crippen molar-refractivity contribution in [3.05, 3.63) is 68.8 Å². The predicted octanol–water partition coefficient (Wildman–Crippen LogP) is 8.64. The molecule has 0 bridgehead atoms. The van der Waals surface area contributed by atoms with Crippen LogP contribution in [0.2, 0.25) is 0 Å². The van der Waals surface area contributed by atoms with Gasteiger partial charge >= 0.3 is 235 Å². The van der Waals surface area contributed by atoms with E-state index in [0.29, 0.717) is 36.8 Å². The molecule has 2 rings (SSSR count). The van der Waals surface area contributed by atoms with Crippen LogP contribution in [0.25, 0.3) is 0 Å². The van der Waals surface area contributed by atoms with Gasteiger partial charge in [0.25, 0.3) is 0 Å². The summed E-state index contributed by atoms with van der Waals surface area (Å²) in [7, 11) is 13.1. The topological polar surface area (TPSA) is 55.3 Å². The Balaban J connectivity index is 2.47. The number of hydrogen-bond donors (Lipinski definition) is 2. The normalized spacial score (nSPS) is 14.5. The molecule has 0 amide bonds. The maximum atomic E-state index is 6.96. The van der Waals surface area contributed by atoms with Crippen LogP contribution in [0.5, 0.6) is 0 Å². The van der Waals surface area contributed by atoms with Crippen LogP contribution in [0.1, 0.15) is 136 Å². The predicted molar refractivity (Wildman–Crippen MR) is 156 cm³/mol. The maximum absolute atomic E-state index is 6.96. The van der Waals surface area contributed by atoms with Crippen LogP contribution < -0.4 is 11.5 Å². The van der Waals surface area contributed by atoms with Crippen molar-refractivity contribution >= 4 is 20.2 Å². The summed E-state index contributed by atoms with van der Waals surface area (Å²) in [4.78, 5) is 0. The van der Waals surface area contributed by atoms with Gasteiger partial charge in [0.15, 0.2) is 0 Å². The molecule has 0 aliphatic carbocycles. The standard InChI is InChI=1S/C30H48N3.2ClH.Cu/c1-17(2)23-11-21(9)12-24(18(3)4)29(23)27(31)15-33-16-28(32)30-25(19(5)6)13-22(10)14-26(30)20(7)8;;;/h11-14,17-20,27-28H,15-16,31-32H2,1-10H3;2*1H;/q-1;;;+3/p-2. The fourth-order valence-corrected chi connectivity index (χ4v) is 6.53. The van der Waals surface area contributed by atoms with Crippen molar-refractivity contribution in [2.75, 3.05) is 13.1 Å². The van der Waals surface area contributed by atoms with Gasteiger partial charge in [-0.3, -0.25) is 0 Å². The second-order valence-electron chi connectivity index (χ2n) is 11.5. The van der Waals surface area contributed by atoms with E-state index in [1.165, 1.54) is 44.5 Å². The molecule has 2 aromatic rings. The van der Waals surface area contributed by atoms with E-state index in [0.717, 1.165) is 0 Å². The van der Waals surface area contributed by atoms with E-state index < -0.39 is 12.3 Å². The van der Waals surface area contributed by atoms with E-state index in [9.17, 15) is 0 Å². The van der Waals surface area contributed by atoms with Gasteiger partial charge in [0.2, 0.25) is 0 Å². The van der Waals surface area contributed by atoms with E-state index in [1.807, 2.05) is 3.92 Å². The van der Waals surface area contributed by atoms with Crippen LogP contribution >= 0.6 is 20.2 Å². The summed E-state index contributed by atoms with van der Waals surface area (Å²) in [5, 5.41) is 0. The second kappa shape index (κ2) is 13.5. The number of benzene rings is 2. The summed E-state index contributed by atoms with van der Waals surface area (Å²) in [6.07, 6.45) is 0. The second-order valence-corrected chi connectivity index (χ2v) is 14.8. The molecule has 3 nitrogen and oxygen atoms in total. The molecule has 0 spiro atoms. The van der Waals surface area contributed by atoms with E-state index in [1.54, 1.807) is 0 Å². The zero-order chi connectivity index (χ0) is 27.5. The zero-order valence-corrected chi connectivity index (χ0v) is 26.3. The van der Waals surface area contributed by atoms with Crippen LogP contribution in [-0.4, -0.2) is 17.0 Å². The van der Waals surface area contributed by atoms with Crippen molar-refractivity contribution in [2.45, 2.75) is 105 Å². The first-order valence-electron chi connectivity index (χ1n) is 13.1. The Labute approximate surface area is 233 Å². The molecule has 6 heteroatoms. The van der Waals surface area contributed by atoms with Gasteiger partial charge in [0.1, 0.15) is 0 Å². The molecule has 0 radical (unpaired) electrons. The van der Waals surface area contributed by atoms with E-state index in [2.05, 4.69) is 93.5 Å². The van der Waals surface area contributed by atoms with Crippen molar-refractivity contribution in [3.63, 3.8) is 0 Å². The van der Waals surface area contributed by atoms with Gasteiger partial charge in [-0.2, -0.15) is 0 Å². The van der Waals surface area contributed by atoms with Crippen molar-refractivity contribution < 1.29 is 12.3 Å². The Morgan fingerprint density at radius 2 is 0.861 bits per heavy atom. The molecule has 0 saturated heterocycles. The number of hydrogen-bond acceptors (Lipinski definition) is 3. The van der Waals surface area contributed by atoms with Gasteiger partial charge < -0.3 is 0 Å². The van der Waals surface area contributed by atoms with Gasteiger partial charge in [-0.05, 0) is 0 Å². The minimum absolute atomic E-state index is 0.217. The molecule has 0 heterocycles. The molecular weight excluding hydrogens is 537 g/mol. The molecule has 2 unspecified atom stereocenters. The third-order valence-corrected chi connectivity index (χ3v) is 8.89. The number of nitrogens with zero attached hydrogens (tertiary/aromatic N) is 1. The van der Waals surface area contributed by atoms with Gasteiger partial charge in [0.05, 0.1) is 0 Å². The number of rotatable bonds is 11. The molecule has 0 aliphatic heterocycles. The summed E-state index contributed by atoms with van der Waals surface area (Å²) >= 11 is -0.927. The quantitative estimate of drug-likeness (QED) is 0.260. The van der Waals surface area contributed by atoms with Crippen LogP contribution in [0.3, 0.4) is 0 Å². The first-order chi connectivity index (χ1) is 16.6. The first-order valence-corrected chi connectivity index (χ1v) is 16.2. The Hall–Kier alpha value is -0.581. The Kier molecular flexibility index (Phi) is 11.8. The molecular formula is C30H48Cl2CuN3. The van der Waals surface area contributed by atoms with E-state index in [-0.39, 0.29) is 12.1 Å². The van der Waals surface area contributed by atoms with Gasteiger partial charge in [-0.1, -0.05) is 0 Å². The monoisotopic (exact) mass is 583 g/mol. The molecule has 2 aromatic carbocycles. The number of nitrogens with two attached hydrogens (primary N) is 2. The minimum atomic E-state index is -0.927. The Bertz CT molecular complexity index is 882. The van der Waals surface area contributed by atoms with Gasteiger partial charge in [-0.25, -0.2) is 0 Å². The van der Waals surface area contributed by atoms with Gasteiger partial charge in [0, 0.05) is 0 Å². The average molecular weight is 585 g/mol. The summed E-state index contributed by atoms with van der Waals surface area (Å²) < 4.78 is 2.05. The molecule has 0 aromatic heterocycles. The third kappa shape index (κ3) is 7.73. The van der Waals surface area contributed by atoms with Crippen LogP contribution in [0.4, 0.5) is 0 Å².